The third-order valence-electron chi connectivity index (χ3n) is 6.06. The van der Waals surface area contributed by atoms with Crippen LogP contribution in [0.4, 0.5) is 0 Å². The molecule has 32 heavy (non-hydrogen) atoms. The number of fused-ring (bicyclic) bond motifs is 1. The van der Waals surface area contributed by atoms with Crippen LogP contribution in [0, 0.1) is 13.8 Å². The molecule has 0 N–H and O–H groups in total. The van der Waals surface area contributed by atoms with Gasteiger partial charge in [0.15, 0.2) is 5.17 Å². The maximum atomic E-state index is 13.1. The highest BCUT2D eigenvalue weighted by atomic mass is 32.2. The van der Waals surface area contributed by atoms with Gasteiger partial charge in [0.1, 0.15) is 6.61 Å². The summed E-state index contributed by atoms with van der Waals surface area (Å²) >= 11 is 1.50. The standard InChI is InChI=1S/C25H29N3O3S/c1-5-12-31-24(30)22-18(4)26-25-28(23(22)20-9-8-16(2)13-17(20)3)19(15-32-25)14-21(29)27-10-6-7-11-27/h5,8-9,13,15,23H,1,6-7,10-12,14H2,2-4H3/t23-/m0/s1. The van der Waals surface area contributed by atoms with Gasteiger partial charge in [0.2, 0.25) is 5.91 Å². The number of ether oxygens (including phenoxy) is 1. The van der Waals surface area contributed by atoms with Crippen LogP contribution >= 0.6 is 11.8 Å². The number of likely N-dealkylation sites (tertiary alicyclic amines) is 1. The molecule has 0 aromatic heterocycles. The summed E-state index contributed by atoms with van der Waals surface area (Å²) in [4.78, 5) is 34.8. The number of amides is 1. The zero-order valence-corrected chi connectivity index (χ0v) is 19.7. The van der Waals surface area contributed by atoms with E-state index in [2.05, 4.69) is 38.6 Å². The van der Waals surface area contributed by atoms with Gasteiger partial charge in [0.25, 0.3) is 0 Å². The van der Waals surface area contributed by atoms with Gasteiger partial charge in [-0.3, -0.25) is 4.79 Å². The van der Waals surface area contributed by atoms with Gasteiger partial charge in [-0.1, -0.05) is 48.2 Å². The summed E-state index contributed by atoms with van der Waals surface area (Å²) < 4.78 is 5.45. The molecule has 7 heteroatoms. The molecule has 3 heterocycles. The lowest BCUT2D eigenvalue weighted by Crippen LogP contribution is -2.38. The molecule has 0 bridgehead atoms. The summed E-state index contributed by atoms with van der Waals surface area (Å²) in [7, 11) is 0. The van der Waals surface area contributed by atoms with E-state index in [1.165, 1.54) is 11.8 Å². The molecule has 0 aliphatic carbocycles. The highest BCUT2D eigenvalue weighted by Crippen LogP contribution is 2.45. The van der Waals surface area contributed by atoms with Gasteiger partial charge >= 0.3 is 5.97 Å². The minimum Gasteiger partial charge on any atom is -0.458 e. The number of esters is 1. The van der Waals surface area contributed by atoms with Crippen molar-refractivity contribution in [2.24, 2.45) is 4.99 Å². The summed E-state index contributed by atoms with van der Waals surface area (Å²) in [5, 5.41) is 2.78. The fraction of sp³-hybridized carbons (Fsp3) is 0.400. The number of hydrogen-bond acceptors (Lipinski definition) is 6. The second kappa shape index (κ2) is 9.36. The minimum atomic E-state index is -0.405. The maximum absolute atomic E-state index is 13.1. The van der Waals surface area contributed by atoms with E-state index < -0.39 is 12.0 Å². The average Bonchev–Trinajstić information content (AvgIpc) is 3.42. The largest absolute Gasteiger partial charge is 0.458 e. The number of aryl methyl sites for hydroxylation is 2. The van der Waals surface area contributed by atoms with Crippen LogP contribution in [0.1, 0.15) is 48.9 Å². The van der Waals surface area contributed by atoms with E-state index in [0.717, 1.165) is 53.5 Å². The summed E-state index contributed by atoms with van der Waals surface area (Å²) in [6, 6.07) is 5.84. The van der Waals surface area contributed by atoms with E-state index in [-0.39, 0.29) is 12.5 Å². The van der Waals surface area contributed by atoms with Crippen molar-refractivity contribution in [2.45, 2.75) is 46.1 Å². The Hall–Kier alpha value is -2.80. The Bertz CT molecular complexity index is 1050. The van der Waals surface area contributed by atoms with Gasteiger partial charge in [-0.25, -0.2) is 9.79 Å². The van der Waals surface area contributed by atoms with Gasteiger partial charge in [0.05, 0.1) is 23.7 Å². The molecular formula is C25H29N3O3S. The Balaban J connectivity index is 1.74. The number of rotatable bonds is 6. The van der Waals surface area contributed by atoms with Gasteiger partial charge in [-0.05, 0) is 50.1 Å². The van der Waals surface area contributed by atoms with Crippen LogP contribution in [0.3, 0.4) is 0 Å². The third-order valence-corrected chi connectivity index (χ3v) is 6.95. The Labute approximate surface area is 193 Å². The normalized spacial score (nSPS) is 20.2. The topological polar surface area (TPSA) is 62.2 Å². The van der Waals surface area contributed by atoms with Crippen molar-refractivity contribution in [3.05, 3.63) is 69.9 Å². The average molecular weight is 452 g/mol. The van der Waals surface area contributed by atoms with Crippen molar-refractivity contribution in [3.63, 3.8) is 0 Å². The number of nitrogens with zero attached hydrogens (tertiary/aromatic N) is 3. The molecule has 0 spiro atoms. The van der Waals surface area contributed by atoms with E-state index in [4.69, 9.17) is 9.73 Å². The summed E-state index contributed by atoms with van der Waals surface area (Å²) in [5.41, 5.74) is 5.27. The molecule has 1 amide bonds. The number of thioether (sulfide) groups is 1. The molecule has 0 saturated carbocycles. The lowest BCUT2D eigenvalue weighted by molar-refractivity contribution is -0.138. The van der Waals surface area contributed by atoms with E-state index in [9.17, 15) is 9.59 Å². The van der Waals surface area contributed by atoms with Crippen molar-refractivity contribution in [2.75, 3.05) is 19.7 Å². The molecule has 6 nitrogen and oxygen atoms in total. The molecule has 1 aromatic rings. The van der Waals surface area contributed by atoms with Crippen LogP contribution in [0.5, 0.6) is 0 Å². The highest BCUT2D eigenvalue weighted by Gasteiger charge is 2.42. The van der Waals surface area contributed by atoms with Gasteiger partial charge in [-0.2, -0.15) is 0 Å². The lowest BCUT2D eigenvalue weighted by atomic mass is 9.90. The molecule has 4 rings (SSSR count). The number of benzene rings is 1. The predicted octanol–water partition coefficient (Wildman–Crippen LogP) is 4.62. The number of carbonyl (C=O) groups is 2. The maximum Gasteiger partial charge on any atom is 0.338 e. The first kappa shape index (κ1) is 22.4. The quantitative estimate of drug-likeness (QED) is 0.467. The molecule has 3 aliphatic rings. The van der Waals surface area contributed by atoms with Crippen LogP contribution < -0.4 is 0 Å². The molecule has 1 atom stereocenters. The van der Waals surface area contributed by atoms with Crippen molar-refractivity contribution >= 4 is 28.8 Å². The van der Waals surface area contributed by atoms with E-state index in [0.29, 0.717) is 17.7 Å². The fourth-order valence-electron chi connectivity index (χ4n) is 4.50. The molecule has 3 aliphatic heterocycles. The number of hydrogen-bond donors (Lipinski definition) is 0. The fourth-order valence-corrected chi connectivity index (χ4v) is 5.47. The van der Waals surface area contributed by atoms with Gasteiger partial charge in [0, 0.05) is 18.8 Å². The van der Waals surface area contributed by atoms with Crippen molar-refractivity contribution in [1.29, 1.82) is 0 Å². The number of amidine groups is 1. The highest BCUT2D eigenvalue weighted by molar-refractivity contribution is 8.16. The second-order valence-corrected chi connectivity index (χ2v) is 9.24. The molecule has 0 radical (unpaired) electrons. The van der Waals surface area contributed by atoms with Crippen molar-refractivity contribution in [3.8, 4) is 0 Å². The number of carbonyl (C=O) groups excluding carboxylic acids is 2. The second-order valence-electron chi connectivity index (χ2n) is 8.40. The van der Waals surface area contributed by atoms with Crippen LogP contribution in [0.2, 0.25) is 0 Å². The predicted molar refractivity (Wildman–Crippen MR) is 128 cm³/mol. The molecule has 0 unspecified atom stereocenters. The van der Waals surface area contributed by atoms with Gasteiger partial charge < -0.3 is 14.5 Å². The van der Waals surface area contributed by atoms with Crippen LogP contribution in [-0.4, -0.2) is 46.5 Å². The Morgan fingerprint density at radius 2 is 2.00 bits per heavy atom. The smallest absolute Gasteiger partial charge is 0.338 e. The van der Waals surface area contributed by atoms with Crippen LogP contribution in [0.25, 0.3) is 0 Å². The first-order valence-electron chi connectivity index (χ1n) is 11.0. The lowest BCUT2D eigenvalue weighted by Gasteiger charge is -2.37. The Morgan fingerprint density at radius 1 is 1.25 bits per heavy atom. The monoisotopic (exact) mass is 451 g/mol. The molecule has 1 fully saturated rings. The number of aliphatic imine (C=N–C) groups is 1. The SMILES string of the molecule is C=CCOC(=O)C1=C(C)N=C2SC=C(CC(=O)N3CCCC3)N2[C@H]1c1ccc(C)cc1C. The summed E-state index contributed by atoms with van der Waals surface area (Å²) in [6.07, 6.45) is 3.97. The van der Waals surface area contributed by atoms with Crippen LogP contribution in [-0.2, 0) is 14.3 Å². The van der Waals surface area contributed by atoms with E-state index in [1.807, 2.05) is 22.1 Å². The zero-order valence-electron chi connectivity index (χ0n) is 18.9. The molecule has 1 aromatic carbocycles. The Morgan fingerprint density at radius 3 is 2.69 bits per heavy atom. The summed E-state index contributed by atoms with van der Waals surface area (Å²) in [6.45, 7) is 11.4. The number of allylic oxidation sites excluding steroid dienone is 1. The van der Waals surface area contributed by atoms with Crippen molar-refractivity contribution in [1.82, 2.24) is 9.80 Å². The Kier molecular flexibility index (Phi) is 6.55. The molecular weight excluding hydrogens is 422 g/mol. The first-order valence-corrected chi connectivity index (χ1v) is 11.9. The molecule has 1 saturated heterocycles. The van der Waals surface area contributed by atoms with E-state index in [1.54, 1.807) is 6.08 Å². The molecule has 168 valence electrons. The third kappa shape index (κ3) is 4.26. The van der Waals surface area contributed by atoms with Crippen molar-refractivity contribution < 1.29 is 14.3 Å². The van der Waals surface area contributed by atoms with E-state index >= 15 is 0 Å². The zero-order chi connectivity index (χ0) is 22.8. The van der Waals surface area contributed by atoms with Crippen LogP contribution in [0.15, 0.2) is 58.2 Å². The summed E-state index contributed by atoms with van der Waals surface area (Å²) in [5.74, 6) is -0.283. The minimum absolute atomic E-state index is 0.122. The first-order chi connectivity index (χ1) is 15.4. The van der Waals surface area contributed by atoms with Gasteiger partial charge in [-0.15, -0.1) is 0 Å².